The summed E-state index contributed by atoms with van der Waals surface area (Å²) < 4.78 is 0. The van der Waals surface area contributed by atoms with Crippen molar-refractivity contribution in [2.24, 2.45) is 11.8 Å². The molecular weight excluding hydrogens is 360 g/mol. The van der Waals surface area contributed by atoms with Gasteiger partial charge in [0.25, 0.3) is 0 Å². The fourth-order valence-corrected chi connectivity index (χ4v) is 4.35. The lowest BCUT2D eigenvalue weighted by atomic mass is 9.86. The molecule has 0 heterocycles. The van der Waals surface area contributed by atoms with Crippen molar-refractivity contribution in [3.8, 4) is 0 Å². The Kier molecular flexibility index (Phi) is 21.7. The molecule has 0 aromatic carbocycles. The number of aliphatic hydroxyl groups excluding tert-OH is 1. The van der Waals surface area contributed by atoms with E-state index >= 15 is 0 Å². The number of carboxylic acid groups (broad SMARTS) is 1. The van der Waals surface area contributed by atoms with Crippen molar-refractivity contribution >= 4 is 5.97 Å². The lowest BCUT2D eigenvalue weighted by molar-refractivity contribution is -0.142. The third-order valence-corrected chi connectivity index (χ3v) is 6.47. The van der Waals surface area contributed by atoms with Crippen LogP contribution in [0, 0.1) is 11.8 Å². The lowest BCUT2D eigenvalue weighted by Crippen LogP contribution is -2.18. The highest BCUT2D eigenvalue weighted by Crippen LogP contribution is 2.25. The second-order valence-electron chi connectivity index (χ2n) is 9.15. The predicted octanol–water partition coefficient (Wildman–Crippen LogP) is 8.14. The summed E-state index contributed by atoms with van der Waals surface area (Å²) in [5, 5.41) is 18.3. The van der Waals surface area contributed by atoms with Crippen molar-refractivity contribution in [1.82, 2.24) is 0 Å². The van der Waals surface area contributed by atoms with Crippen LogP contribution in [-0.2, 0) is 4.79 Å². The molecule has 2 atom stereocenters. The van der Waals surface area contributed by atoms with E-state index in [-0.39, 0.29) is 5.92 Å². The minimum atomic E-state index is -0.576. The number of carboxylic acids is 1. The van der Waals surface area contributed by atoms with Crippen molar-refractivity contribution < 1.29 is 15.0 Å². The zero-order valence-corrected chi connectivity index (χ0v) is 19.8. The van der Waals surface area contributed by atoms with Crippen LogP contribution in [0.1, 0.15) is 142 Å². The highest BCUT2D eigenvalue weighted by molar-refractivity contribution is 5.69. The van der Waals surface area contributed by atoms with E-state index in [0.717, 1.165) is 32.1 Å². The van der Waals surface area contributed by atoms with Gasteiger partial charge in [-0.3, -0.25) is 4.79 Å². The van der Waals surface area contributed by atoms with Crippen molar-refractivity contribution in [3.63, 3.8) is 0 Å². The van der Waals surface area contributed by atoms with Gasteiger partial charge >= 0.3 is 5.97 Å². The number of hydrogen-bond acceptors (Lipinski definition) is 2. The summed E-state index contributed by atoms with van der Waals surface area (Å²) in [6, 6.07) is 0. The van der Waals surface area contributed by atoms with E-state index in [1.54, 1.807) is 0 Å². The molecule has 0 aromatic heterocycles. The van der Waals surface area contributed by atoms with Gasteiger partial charge < -0.3 is 10.2 Å². The van der Waals surface area contributed by atoms with Gasteiger partial charge in [0.15, 0.2) is 0 Å². The van der Waals surface area contributed by atoms with Gasteiger partial charge in [-0.15, -0.1) is 0 Å². The van der Waals surface area contributed by atoms with E-state index in [9.17, 15) is 9.90 Å². The molecule has 0 aromatic rings. The van der Waals surface area contributed by atoms with Gasteiger partial charge in [0.05, 0.1) is 5.92 Å². The molecule has 0 fully saturated rings. The number of aliphatic hydroxyl groups is 1. The van der Waals surface area contributed by atoms with E-state index in [1.807, 2.05) is 0 Å². The first-order valence-electron chi connectivity index (χ1n) is 13.0. The van der Waals surface area contributed by atoms with Crippen LogP contribution in [0.2, 0.25) is 0 Å². The molecule has 0 bridgehead atoms. The average molecular weight is 413 g/mol. The molecule has 2 unspecified atom stereocenters. The van der Waals surface area contributed by atoms with Gasteiger partial charge in [-0.25, -0.2) is 0 Å². The number of unbranched alkanes of at least 4 members (excludes halogenated alkanes) is 14. The Hall–Kier alpha value is -0.570. The molecule has 3 nitrogen and oxygen atoms in total. The third-order valence-electron chi connectivity index (χ3n) is 6.47. The second kappa shape index (κ2) is 22.1. The highest BCUT2D eigenvalue weighted by atomic mass is 16.4. The topological polar surface area (TPSA) is 57.5 Å². The van der Waals surface area contributed by atoms with Crippen molar-refractivity contribution in [2.45, 2.75) is 142 Å². The van der Waals surface area contributed by atoms with Gasteiger partial charge in [0, 0.05) is 6.61 Å². The Labute approximate surface area is 182 Å². The molecule has 0 saturated heterocycles. The van der Waals surface area contributed by atoms with Crippen LogP contribution in [0.3, 0.4) is 0 Å². The summed E-state index contributed by atoms with van der Waals surface area (Å²) in [6.07, 6.45) is 24.3. The summed E-state index contributed by atoms with van der Waals surface area (Å²) in [4.78, 5) is 11.6. The molecular formula is C26H52O3. The second-order valence-corrected chi connectivity index (χ2v) is 9.15. The molecule has 0 aliphatic rings. The Morgan fingerprint density at radius 2 is 1.10 bits per heavy atom. The maximum atomic E-state index is 11.6. The number of hydrogen-bond donors (Lipinski definition) is 2. The zero-order valence-electron chi connectivity index (χ0n) is 19.8. The molecule has 0 saturated carbocycles. The fourth-order valence-electron chi connectivity index (χ4n) is 4.35. The largest absolute Gasteiger partial charge is 0.481 e. The number of carbonyl (C=O) groups is 1. The van der Waals surface area contributed by atoms with Crippen molar-refractivity contribution in [2.75, 3.05) is 6.61 Å². The minimum Gasteiger partial charge on any atom is -0.481 e. The lowest BCUT2D eigenvalue weighted by Gasteiger charge is -2.19. The molecule has 0 aliphatic carbocycles. The first kappa shape index (κ1) is 28.4. The molecule has 0 amide bonds. The van der Waals surface area contributed by atoms with Crippen LogP contribution in [0.5, 0.6) is 0 Å². The summed E-state index contributed by atoms with van der Waals surface area (Å²) in [5.41, 5.74) is 0. The highest BCUT2D eigenvalue weighted by Gasteiger charge is 2.21. The van der Waals surface area contributed by atoms with E-state index in [4.69, 9.17) is 5.11 Å². The molecule has 0 spiro atoms. The summed E-state index contributed by atoms with van der Waals surface area (Å²) in [6.45, 7) is 4.76. The van der Waals surface area contributed by atoms with E-state index in [0.29, 0.717) is 12.5 Å². The Balaban J connectivity index is 3.53. The number of rotatable bonds is 23. The van der Waals surface area contributed by atoms with Gasteiger partial charge in [-0.05, 0) is 25.2 Å². The molecule has 2 N–H and O–H groups in total. The third kappa shape index (κ3) is 19.2. The van der Waals surface area contributed by atoms with Crippen molar-refractivity contribution in [1.29, 1.82) is 0 Å². The van der Waals surface area contributed by atoms with E-state index in [2.05, 4.69) is 13.8 Å². The quantitative estimate of drug-likeness (QED) is 0.166. The molecule has 3 heteroatoms. The average Bonchev–Trinajstić information content (AvgIpc) is 2.72. The van der Waals surface area contributed by atoms with Crippen LogP contribution in [0.15, 0.2) is 0 Å². The minimum absolute atomic E-state index is 0.125. The first-order chi connectivity index (χ1) is 14.2. The van der Waals surface area contributed by atoms with Crippen LogP contribution in [0.25, 0.3) is 0 Å². The molecule has 29 heavy (non-hydrogen) atoms. The van der Waals surface area contributed by atoms with Gasteiger partial charge in [0.1, 0.15) is 0 Å². The Morgan fingerprint density at radius 1 is 0.655 bits per heavy atom. The SMILES string of the molecule is CCCCC(CC)CC(CCCCCCCCCCCCCCCCO)C(=O)O. The van der Waals surface area contributed by atoms with Crippen LogP contribution >= 0.6 is 0 Å². The Morgan fingerprint density at radius 3 is 1.48 bits per heavy atom. The smallest absolute Gasteiger partial charge is 0.306 e. The van der Waals surface area contributed by atoms with Gasteiger partial charge in [-0.1, -0.05) is 123 Å². The Bertz CT molecular complexity index is 343. The summed E-state index contributed by atoms with van der Waals surface area (Å²) in [7, 11) is 0. The predicted molar refractivity (Wildman–Crippen MR) is 125 cm³/mol. The zero-order chi connectivity index (χ0) is 21.6. The van der Waals surface area contributed by atoms with Crippen LogP contribution in [-0.4, -0.2) is 22.8 Å². The van der Waals surface area contributed by atoms with E-state index in [1.165, 1.54) is 96.3 Å². The van der Waals surface area contributed by atoms with Crippen LogP contribution in [0.4, 0.5) is 0 Å². The first-order valence-corrected chi connectivity index (χ1v) is 13.0. The monoisotopic (exact) mass is 412 g/mol. The molecule has 0 rings (SSSR count). The molecule has 174 valence electrons. The van der Waals surface area contributed by atoms with Gasteiger partial charge in [-0.2, -0.15) is 0 Å². The summed E-state index contributed by atoms with van der Waals surface area (Å²) >= 11 is 0. The normalized spacial score (nSPS) is 13.5. The van der Waals surface area contributed by atoms with E-state index < -0.39 is 5.97 Å². The molecule has 0 aliphatic heterocycles. The van der Waals surface area contributed by atoms with Gasteiger partial charge in [0.2, 0.25) is 0 Å². The maximum Gasteiger partial charge on any atom is 0.306 e. The van der Waals surface area contributed by atoms with Crippen molar-refractivity contribution in [3.05, 3.63) is 0 Å². The standard InChI is InChI=1S/C26H52O3/c1-3-5-20-24(4-2)23-25(26(28)29)21-18-16-14-12-10-8-6-7-9-11-13-15-17-19-22-27/h24-25,27H,3-23H2,1-2H3,(H,28,29). The number of aliphatic carboxylic acids is 1. The van der Waals surface area contributed by atoms with Crippen LogP contribution < -0.4 is 0 Å². The fraction of sp³-hybridized carbons (Fsp3) is 0.962. The summed E-state index contributed by atoms with van der Waals surface area (Å²) in [5.74, 6) is -0.106. The maximum absolute atomic E-state index is 11.6. The molecule has 0 radical (unpaired) electrons.